The van der Waals surface area contributed by atoms with E-state index in [1.807, 2.05) is 13.0 Å². The van der Waals surface area contributed by atoms with E-state index >= 15 is 0 Å². The molecule has 1 amide bonds. The first-order valence-electron chi connectivity index (χ1n) is 6.70. The van der Waals surface area contributed by atoms with Crippen LogP contribution in [0.4, 0.5) is 22.1 Å². The molecule has 1 aromatic carbocycles. The highest BCUT2D eigenvalue weighted by atomic mass is 16.4. The van der Waals surface area contributed by atoms with Gasteiger partial charge in [-0.3, -0.25) is 5.32 Å². The zero-order valence-electron chi connectivity index (χ0n) is 11.9. The number of carbonyl (C=O) groups is 1. The van der Waals surface area contributed by atoms with E-state index < -0.39 is 6.09 Å². The Morgan fingerprint density at radius 2 is 2.00 bits per heavy atom. The molecule has 0 unspecified atom stereocenters. The van der Waals surface area contributed by atoms with E-state index in [1.165, 1.54) is 0 Å². The first kappa shape index (κ1) is 13.8. The molecule has 0 spiro atoms. The summed E-state index contributed by atoms with van der Waals surface area (Å²) in [6.45, 7) is 2.03. The van der Waals surface area contributed by atoms with Crippen LogP contribution >= 0.6 is 0 Å². The average Bonchev–Trinajstić information content (AvgIpc) is 2.49. The summed E-state index contributed by atoms with van der Waals surface area (Å²) in [6.07, 6.45) is 2.16. The van der Waals surface area contributed by atoms with Crippen molar-refractivity contribution in [3.05, 3.63) is 54.4 Å². The van der Waals surface area contributed by atoms with Crippen LogP contribution in [0.3, 0.4) is 0 Å². The van der Waals surface area contributed by atoms with Gasteiger partial charge in [0, 0.05) is 11.6 Å². The maximum atomic E-state index is 10.5. The average molecular weight is 294 g/mol. The van der Waals surface area contributed by atoms with Gasteiger partial charge in [-0.1, -0.05) is 17.7 Å². The lowest BCUT2D eigenvalue weighted by Gasteiger charge is -2.09. The number of hydrogen-bond acceptors (Lipinski definition) is 4. The van der Waals surface area contributed by atoms with Crippen molar-refractivity contribution in [3.63, 3.8) is 0 Å². The number of aromatic nitrogens is 2. The van der Waals surface area contributed by atoms with Crippen LogP contribution in [0.1, 0.15) is 5.56 Å². The minimum absolute atomic E-state index is 0.278. The number of anilines is 3. The molecule has 0 aliphatic rings. The van der Waals surface area contributed by atoms with Crippen molar-refractivity contribution in [1.29, 1.82) is 0 Å². The molecule has 2 aromatic heterocycles. The highest BCUT2D eigenvalue weighted by molar-refractivity contribution is 5.93. The van der Waals surface area contributed by atoms with Crippen molar-refractivity contribution in [2.24, 2.45) is 0 Å². The summed E-state index contributed by atoms with van der Waals surface area (Å²) in [7, 11) is 0. The third kappa shape index (κ3) is 2.95. The fourth-order valence-electron chi connectivity index (χ4n) is 2.17. The Balaban J connectivity index is 1.89. The van der Waals surface area contributed by atoms with Crippen LogP contribution in [-0.4, -0.2) is 21.2 Å². The molecule has 0 fully saturated rings. The van der Waals surface area contributed by atoms with Gasteiger partial charge in [0.1, 0.15) is 11.6 Å². The van der Waals surface area contributed by atoms with Crippen LogP contribution in [-0.2, 0) is 0 Å². The van der Waals surface area contributed by atoms with Gasteiger partial charge in [-0.25, -0.2) is 14.8 Å². The molecule has 0 saturated carbocycles. The highest BCUT2D eigenvalue weighted by Crippen LogP contribution is 2.25. The normalized spacial score (nSPS) is 10.4. The number of rotatable bonds is 3. The predicted molar refractivity (Wildman–Crippen MR) is 85.6 cm³/mol. The molecular weight excluding hydrogens is 280 g/mol. The van der Waals surface area contributed by atoms with E-state index in [0.717, 1.165) is 27.8 Å². The lowest BCUT2D eigenvalue weighted by molar-refractivity contribution is 0.209. The quantitative estimate of drug-likeness (QED) is 0.684. The Labute approximate surface area is 126 Å². The van der Waals surface area contributed by atoms with Crippen LogP contribution < -0.4 is 10.6 Å². The van der Waals surface area contributed by atoms with E-state index in [1.54, 1.807) is 24.5 Å². The van der Waals surface area contributed by atoms with Crippen LogP contribution in [0, 0.1) is 6.92 Å². The van der Waals surface area contributed by atoms with Crippen LogP contribution in [0.2, 0.25) is 0 Å². The second kappa shape index (κ2) is 5.69. The predicted octanol–water partition coefficient (Wildman–Crippen LogP) is 3.77. The first-order chi connectivity index (χ1) is 10.6. The maximum absolute atomic E-state index is 10.5. The monoisotopic (exact) mass is 294 g/mol. The molecule has 0 bridgehead atoms. The van der Waals surface area contributed by atoms with Gasteiger partial charge in [0.25, 0.3) is 0 Å². The second-order valence-electron chi connectivity index (χ2n) is 4.87. The van der Waals surface area contributed by atoms with Crippen molar-refractivity contribution in [2.75, 3.05) is 10.6 Å². The summed E-state index contributed by atoms with van der Waals surface area (Å²) in [4.78, 5) is 18.9. The summed E-state index contributed by atoms with van der Waals surface area (Å²) in [5.74, 6) is 1.02. The molecule has 0 atom stereocenters. The molecule has 6 nitrogen and oxygen atoms in total. The molecule has 0 radical (unpaired) electrons. The SMILES string of the molecule is Cc1ccc2ccnc(Nc3ccc(NC(=O)O)nc3)c2c1. The standard InChI is InChI=1S/C16H14N4O2/c1-10-2-3-11-6-7-17-15(13(11)8-10)19-12-4-5-14(18-9-12)20-16(21)22/h2-9H,1H3,(H,17,19)(H,18,20)(H,21,22). The van der Waals surface area contributed by atoms with Crippen molar-refractivity contribution in [2.45, 2.75) is 6.92 Å². The lowest BCUT2D eigenvalue weighted by Crippen LogP contribution is -2.08. The zero-order chi connectivity index (χ0) is 15.5. The summed E-state index contributed by atoms with van der Waals surface area (Å²) >= 11 is 0. The fourth-order valence-corrected chi connectivity index (χ4v) is 2.17. The topological polar surface area (TPSA) is 87.1 Å². The van der Waals surface area contributed by atoms with Gasteiger partial charge in [-0.05, 0) is 36.6 Å². The second-order valence-corrected chi connectivity index (χ2v) is 4.87. The molecule has 3 aromatic rings. The number of aryl methyl sites for hydroxylation is 1. The Kier molecular flexibility index (Phi) is 3.57. The van der Waals surface area contributed by atoms with Crippen molar-refractivity contribution < 1.29 is 9.90 Å². The van der Waals surface area contributed by atoms with Gasteiger partial charge in [0.2, 0.25) is 0 Å². The first-order valence-corrected chi connectivity index (χ1v) is 6.70. The van der Waals surface area contributed by atoms with Gasteiger partial charge in [0.05, 0.1) is 11.9 Å². The summed E-state index contributed by atoms with van der Waals surface area (Å²) < 4.78 is 0. The Morgan fingerprint density at radius 1 is 1.14 bits per heavy atom. The van der Waals surface area contributed by atoms with Crippen LogP contribution in [0.15, 0.2) is 48.8 Å². The summed E-state index contributed by atoms with van der Waals surface area (Å²) in [5.41, 5.74) is 1.89. The van der Waals surface area contributed by atoms with Gasteiger partial charge < -0.3 is 10.4 Å². The Morgan fingerprint density at radius 3 is 2.73 bits per heavy atom. The number of nitrogens with zero attached hydrogens (tertiary/aromatic N) is 2. The van der Waals surface area contributed by atoms with Gasteiger partial charge in [-0.15, -0.1) is 0 Å². The molecule has 22 heavy (non-hydrogen) atoms. The minimum Gasteiger partial charge on any atom is -0.465 e. The van der Waals surface area contributed by atoms with Gasteiger partial charge >= 0.3 is 6.09 Å². The van der Waals surface area contributed by atoms with Crippen molar-refractivity contribution in [1.82, 2.24) is 9.97 Å². The van der Waals surface area contributed by atoms with E-state index in [9.17, 15) is 4.79 Å². The molecule has 0 saturated heterocycles. The van der Waals surface area contributed by atoms with E-state index in [4.69, 9.17) is 5.11 Å². The number of nitrogens with one attached hydrogen (secondary N) is 2. The van der Waals surface area contributed by atoms with Crippen LogP contribution in [0.25, 0.3) is 10.8 Å². The number of carboxylic acid groups (broad SMARTS) is 1. The maximum Gasteiger partial charge on any atom is 0.410 e. The molecule has 2 heterocycles. The molecule has 3 rings (SSSR count). The number of fused-ring (bicyclic) bond motifs is 1. The Bertz CT molecular complexity index is 831. The van der Waals surface area contributed by atoms with Gasteiger partial charge in [-0.2, -0.15) is 0 Å². The number of amides is 1. The van der Waals surface area contributed by atoms with Crippen molar-refractivity contribution >= 4 is 34.2 Å². The Hall–Kier alpha value is -3.15. The number of benzene rings is 1. The molecule has 0 aliphatic carbocycles. The summed E-state index contributed by atoms with van der Waals surface area (Å²) in [6, 6.07) is 11.5. The largest absolute Gasteiger partial charge is 0.465 e. The summed E-state index contributed by atoms with van der Waals surface area (Å²) in [5, 5.41) is 16.2. The van der Waals surface area contributed by atoms with Crippen LogP contribution in [0.5, 0.6) is 0 Å². The number of pyridine rings is 2. The molecule has 6 heteroatoms. The molecular formula is C16H14N4O2. The van der Waals surface area contributed by atoms with Crippen molar-refractivity contribution in [3.8, 4) is 0 Å². The molecule has 3 N–H and O–H groups in total. The zero-order valence-corrected chi connectivity index (χ0v) is 11.9. The number of hydrogen-bond donors (Lipinski definition) is 3. The third-order valence-electron chi connectivity index (χ3n) is 3.18. The highest BCUT2D eigenvalue weighted by Gasteiger charge is 2.04. The third-order valence-corrected chi connectivity index (χ3v) is 3.18. The lowest BCUT2D eigenvalue weighted by atomic mass is 10.1. The van der Waals surface area contributed by atoms with E-state index in [-0.39, 0.29) is 5.82 Å². The van der Waals surface area contributed by atoms with Gasteiger partial charge in [0.15, 0.2) is 0 Å². The molecule has 110 valence electrons. The fraction of sp³-hybridized carbons (Fsp3) is 0.0625. The minimum atomic E-state index is -1.14. The smallest absolute Gasteiger partial charge is 0.410 e. The van der Waals surface area contributed by atoms with E-state index in [0.29, 0.717) is 0 Å². The van der Waals surface area contributed by atoms with E-state index in [2.05, 4.69) is 38.8 Å². The molecule has 0 aliphatic heterocycles.